The highest BCUT2D eigenvalue weighted by atomic mass is 35.5. The molecule has 1 fully saturated rings. The van der Waals surface area contributed by atoms with Crippen molar-refractivity contribution in [2.75, 3.05) is 18.4 Å². The van der Waals surface area contributed by atoms with Crippen molar-refractivity contribution in [3.05, 3.63) is 28.8 Å². The average Bonchev–Trinajstić information content (AvgIpc) is 2.44. The minimum atomic E-state index is -0.227. The number of rotatable bonds is 4. The van der Waals surface area contributed by atoms with Gasteiger partial charge in [-0.05, 0) is 57.0 Å². The van der Waals surface area contributed by atoms with Crippen molar-refractivity contribution in [3.63, 3.8) is 0 Å². The van der Waals surface area contributed by atoms with Crippen LogP contribution in [0.4, 0.5) is 5.69 Å². The Kier molecular flexibility index (Phi) is 5.06. The topological polar surface area (TPSA) is 41.1 Å². The van der Waals surface area contributed by atoms with Crippen molar-refractivity contribution in [3.8, 4) is 0 Å². The van der Waals surface area contributed by atoms with E-state index in [1.54, 1.807) is 0 Å². The van der Waals surface area contributed by atoms with Crippen LogP contribution in [0.1, 0.15) is 38.2 Å². The molecule has 0 aromatic heterocycles. The molecule has 20 heavy (non-hydrogen) atoms. The maximum atomic E-state index is 12.8. The van der Waals surface area contributed by atoms with E-state index in [4.69, 9.17) is 11.6 Å². The van der Waals surface area contributed by atoms with E-state index in [0.717, 1.165) is 50.0 Å². The summed E-state index contributed by atoms with van der Waals surface area (Å²) in [6, 6.07) is 5.61. The van der Waals surface area contributed by atoms with E-state index in [9.17, 15) is 4.79 Å². The SMILES string of the molecule is CCCC1(C(=O)Nc2cc(Cl)ccc2C)CCNCC1. The predicted octanol–water partition coefficient (Wildman–Crippen LogP) is 3.76. The quantitative estimate of drug-likeness (QED) is 0.888. The lowest BCUT2D eigenvalue weighted by molar-refractivity contribution is -0.127. The van der Waals surface area contributed by atoms with Crippen molar-refractivity contribution < 1.29 is 4.79 Å². The van der Waals surface area contributed by atoms with Crippen molar-refractivity contribution in [1.82, 2.24) is 5.32 Å². The number of amides is 1. The van der Waals surface area contributed by atoms with E-state index < -0.39 is 0 Å². The molecule has 0 spiro atoms. The molecule has 1 saturated heterocycles. The summed E-state index contributed by atoms with van der Waals surface area (Å²) in [6.07, 6.45) is 3.79. The molecule has 1 aromatic rings. The number of nitrogens with one attached hydrogen (secondary N) is 2. The van der Waals surface area contributed by atoms with Crippen LogP contribution in [-0.4, -0.2) is 19.0 Å². The Labute approximate surface area is 126 Å². The van der Waals surface area contributed by atoms with Gasteiger partial charge >= 0.3 is 0 Å². The van der Waals surface area contributed by atoms with Crippen LogP contribution in [0.3, 0.4) is 0 Å². The second-order valence-corrected chi connectivity index (χ2v) is 6.13. The van der Waals surface area contributed by atoms with E-state index in [2.05, 4.69) is 17.6 Å². The summed E-state index contributed by atoms with van der Waals surface area (Å²) in [5, 5.41) is 7.08. The third-order valence-corrected chi connectivity index (χ3v) is 4.45. The lowest BCUT2D eigenvalue weighted by atomic mass is 9.74. The Balaban J connectivity index is 2.18. The Morgan fingerprint density at radius 3 is 2.75 bits per heavy atom. The van der Waals surface area contributed by atoms with Crippen molar-refractivity contribution in [2.45, 2.75) is 39.5 Å². The third kappa shape index (κ3) is 3.33. The first-order valence-corrected chi connectivity index (χ1v) is 7.73. The molecule has 0 radical (unpaired) electrons. The number of hydrogen-bond acceptors (Lipinski definition) is 2. The molecule has 110 valence electrons. The molecule has 0 bridgehead atoms. The van der Waals surface area contributed by atoms with Gasteiger partial charge in [0.1, 0.15) is 0 Å². The summed E-state index contributed by atoms with van der Waals surface area (Å²) in [7, 11) is 0. The third-order valence-electron chi connectivity index (χ3n) is 4.22. The number of aryl methyl sites for hydroxylation is 1. The summed E-state index contributed by atoms with van der Waals surface area (Å²) < 4.78 is 0. The number of anilines is 1. The average molecular weight is 295 g/mol. The molecule has 1 aliphatic heterocycles. The predicted molar refractivity (Wildman–Crippen MR) is 84.3 cm³/mol. The lowest BCUT2D eigenvalue weighted by Crippen LogP contribution is -2.44. The fourth-order valence-corrected chi connectivity index (χ4v) is 3.13. The second kappa shape index (κ2) is 6.59. The van der Waals surface area contributed by atoms with Crippen molar-refractivity contribution >= 4 is 23.2 Å². The zero-order chi connectivity index (χ0) is 14.6. The van der Waals surface area contributed by atoms with Gasteiger partial charge in [-0.25, -0.2) is 0 Å². The largest absolute Gasteiger partial charge is 0.325 e. The van der Waals surface area contributed by atoms with Gasteiger partial charge in [-0.15, -0.1) is 0 Å². The highest BCUT2D eigenvalue weighted by Gasteiger charge is 2.38. The first-order valence-electron chi connectivity index (χ1n) is 7.36. The summed E-state index contributed by atoms with van der Waals surface area (Å²) in [5.74, 6) is 0.145. The first kappa shape index (κ1) is 15.3. The number of piperidine rings is 1. The molecule has 4 heteroatoms. The zero-order valence-corrected chi connectivity index (χ0v) is 13.0. The highest BCUT2D eigenvalue weighted by Crippen LogP contribution is 2.36. The van der Waals surface area contributed by atoms with Crippen LogP contribution in [0.15, 0.2) is 18.2 Å². The molecule has 1 heterocycles. The van der Waals surface area contributed by atoms with Gasteiger partial charge in [0, 0.05) is 10.7 Å². The number of halogens is 1. The van der Waals surface area contributed by atoms with Crippen LogP contribution < -0.4 is 10.6 Å². The fourth-order valence-electron chi connectivity index (χ4n) is 2.96. The lowest BCUT2D eigenvalue weighted by Gasteiger charge is -2.36. The van der Waals surface area contributed by atoms with Crippen LogP contribution in [-0.2, 0) is 4.79 Å². The molecule has 1 amide bonds. The van der Waals surface area contributed by atoms with Gasteiger partial charge in [0.25, 0.3) is 0 Å². The molecule has 3 nitrogen and oxygen atoms in total. The van der Waals surface area contributed by atoms with Crippen LogP contribution in [0.2, 0.25) is 5.02 Å². The minimum absolute atomic E-state index is 0.145. The molecular weight excluding hydrogens is 272 g/mol. The van der Waals surface area contributed by atoms with E-state index >= 15 is 0 Å². The molecule has 0 saturated carbocycles. The molecule has 1 aromatic carbocycles. The molecule has 0 aliphatic carbocycles. The summed E-state index contributed by atoms with van der Waals surface area (Å²) in [5.41, 5.74) is 1.65. The first-order chi connectivity index (χ1) is 9.57. The van der Waals surface area contributed by atoms with Gasteiger partial charge in [0.05, 0.1) is 5.41 Å². The van der Waals surface area contributed by atoms with Crippen LogP contribution in [0.5, 0.6) is 0 Å². The maximum absolute atomic E-state index is 12.8. The Bertz CT molecular complexity index is 476. The minimum Gasteiger partial charge on any atom is -0.325 e. The van der Waals surface area contributed by atoms with E-state index in [0.29, 0.717) is 5.02 Å². The number of carbonyl (C=O) groups excluding carboxylic acids is 1. The van der Waals surface area contributed by atoms with E-state index in [1.165, 1.54) is 0 Å². The Morgan fingerprint density at radius 2 is 2.10 bits per heavy atom. The van der Waals surface area contributed by atoms with Crippen LogP contribution in [0.25, 0.3) is 0 Å². The molecule has 2 rings (SSSR count). The molecule has 0 unspecified atom stereocenters. The van der Waals surface area contributed by atoms with E-state index in [-0.39, 0.29) is 11.3 Å². The molecule has 2 N–H and O–H groups in total. The van der Waals surface area contributed by atoms with Gasteiger partial charge in [0.15, 0.2) is 0 Å². The van der Waals surface area contributed by atoms with Crippen LogP contribution >= 0.6 is 11.6 Å². The zero-order valence-electron chi connectivity index (χ0n) is 12.3. The summed E-state index contributed by atoms with van der Waals surface area (Å²) >= 11 is 6.02. The van der Waals surface area contributed by atoms with Gasteiger partial charge in [-0.3, -0.25) is 4.79 Å². The van der Waals surface area contributed by atoms with E-state index in [1.807, 2.05) is 25.1 Å². The van der Waals surface area contributed by atoms with Crippen molar-refractivity contribution in [1.29, 1.82) is 0 Å². The van der Waals surface area contributed by atoms with Gasteiger partial charge in [-0.1, -0.05) is 31.0 Å². The van der Waals surface area contributed by atoms with Crippen molar-refractivity contribution in [2.24, 2.45) is 5.41 Å². The van der Waals surface area contributed by atoms with Gasteiger partial charge in [0.2, 0.25) is 5.91 Å². The fraction of sp³-hybridized carbons (Fsp3) is 0.562. The smallest absolute Gasteiger partial charge is 0.230 e. The highest BCUT2D eigenvalue weighted by molar-refractivity contribution is 6.31. The number of hydrogen-bond donors (Lipinski definition) is 2. The van der Waals surface area contributed by atoms with Gasteiger partial charge in [-0.2, -0.15) is 0 Å². The molecule has 0 atom stereocenters. The van der Waals surface area contributed by atoms with Gasteiger partial charge < -0.3 is 10.6 Å². The summed E-state index contributed by atoms with van der Waals surface area (Å²) in [4.78, 5) is 12.8. The number of carbonyl (C=O) groups is 1. The summed E-state index contributed by atoms with van der Waals surface area (Å²) in [6.45, 7) is 5.96. The Morgan fingerprint density at radius 1 is 1.40 bits per heavy atom. The normalized spacial score (nSPS) is 17.8. The monoisotopic (exact) mass is 294 g/mol. The molecule has 1 aliphatic rings. The Hall–Kier alpha value is -1.06. The maximum Gasteiger partial charge on any atom is 0.230 e. The number of benzene rings is 1. The second-order valence-electron chi connectivity index (χ2n) is 5.69. The van der Waals surface area contributed by atoms with Crippen LogP contribution in [0, 0.1) is 12.3 Å². The molecular formula is C16H23ClN2O. The standard InChI is InChI=1S/C16H23ClN2O/c1-3-6-16(7-9-18-10-8-16)15(20)19-14-11-13(17)5-4-12(14)2/h4-5,11,18H,3,6-10H2,1-2H3,(H,19,20).